The van der Waals surface area contributed by atoms with Gasteiger partial charge in [0.1, 0.15) is 0 Å². The highest BCUT2D eigenvalue weighted by Crippen LogP contribution is 2.23. The smallest absolute Gasteiger partial charge is 0.273 e. The quantitative estimate of drug-likeness (QED) is 0.650. The number of anilines is 1. The molecule has 18 heavy (non-hydrogen) atoms. The summed E-state index contributed by atoms with van der Waals surface area (Å²) in [6.07, 6.45) is 5.96. The van der Waals surface area contributed by atoms with Gasteiger partial charge in [0.15, 0.2) is 0 Å². The number of rotatable bonds is 5. The summed E-state index contributed by atoms with van der Waals surface area (Å²) >= 11 is 0. The Labute approximate surface area is 104 Å². The zero-order valence-electron chi connectivity index (χ0n) is 10.0. The monoisotopic (exact) mass is 246 g/mol. The van der Waals surface area contributed by atoms with Gasteiger partial charge in [-0.05, 0) is 12.5 Å². The molecule has 0 atom stereocenters. The summed E-state index contributed by atoms with van der Waals surface area (Å²) in [5.41, 5.74) is 1.54. The van der Waals surface area contributed by atoms with Crippen molar-refractivity contribution in [2.75, 3.05) is 11.9 Å². The standard InChI is InChI=1S/C12H14N4O2/c1-2-3-14-10-6-11(15-5-4-13-9-15)8-12(7-10)16(17)18/h4-9,14H,2-3H2,1H3. The van der Waals surface area contributed by atoms with Gasteiger partial charge in [0.25, 0.3) is 5.69 Å². The van der Waals surface area contributed by atoms with Crippen LogP contribution in [0.2, 0.25) is 0 Å². The average Bonchev–Trinajstić information content (AvgIpc) is 2.89. The van der Waals surface area contributed by atoms with E-state index in [2.05, 4.69) is 10.3 Å². The first-order valence-electron chi connectivity index (χ1n) is 5.72. The van der Waals surface area contributed by atoms with Gasteiger partial charge in [-0.1, -0.05) is 6.92 Å². The SMILES string of the molecule is CCCNc1cc(-n2ccnc2)cc([N+](=O)[O-])c1. The molecule has 0 saturated carbocycles. The van der Waals surface area contributed by atoms with Gasteiger partial charge in [0.2, 0.25) is 0 Å². The molecule has 94 valence electrons. The number of nitro groups is 1. The minimum atomic E-state index is -0.391. The largest absolute Gasteiger partial charge is 0.385 e. The topological polar surface area (TPSA) is 73.0 Å². The molecule has 0 aliphatic heterocycles. The Morgan fingerprint density at radius 2 is 2.28 bits per heavy atom. The molecule has 0 fully saturated rings. The summed E-state index contributed by atoms with van der Waals surface area (Å²) in [5, 5.41) is 14.1. The second-order valence-corrected chi connectivity index (χ2v) is 3.89. The molecule has 0 spiro atoms. The number of nitrogens with zero attached hydrogens (tertiary/aromatic N) is 3. The molecule has 0 saturated heterocycles. The van der Waals surface area contributed by atoms with E-state index in [1.165, 1.54) is 12.1 Å². The molecule has 1 aromatic heterocycles. The van der Waals surface area contributed by atoms with E-state index < -0.39 is 4.92 Å². The van der Waals surface area contributed by atoms with E-state index in [4.69, 9.17) is 0 Å². The van der Waals surface area contributed by atoms with E-state index in [0.717, 1.165) is 24.3 Å². The Balaban J connectivity index is 2.40. The molecule has 2 rings (SSSR count). The second kappa shape index (κ2) is 5.31. The van der Waals surface area contributed by atoms with Gasteiger partial charge in [-0.3, -0.25) is 10.1 Å². The average molecular weight is 246 g/mol. The molecule has 6 heteroatoms. The highest BCUT2D eigenvalue weighted by Gasteiger charge is 2.10. The summed E-state index contributed by atoms with van der Waals surface area (Å²) < 4.78 is 1.74. The van der Waals surface area contributed by atoms with Crippen LogP contribution in [0.1, 0.15) is 13.3 Å². The Morgan fingerprint density at radius 3 is 2.89 bits per heavy atom. The number of hydrogen-bond donors (Lipinski definition) is 1. The summed E-state index contributed by atoms with van der Waals surface area (Å²) in [7, 11) is 0. The molecule has 0 unspecified atom stereocenters. The molecule has 0 amide bonds. The fourth-order valence-corrected chi connectivity index (χ4v) is 1.63. The molecular formula is C12H14N4O2. The molecule has 0 bridgehead atoms. The van der Waals surface area contributed by atoms with Crippen molar-refractivity contribution in [3.8, 4) is 5.69 Å². The Morgan fingerprint density at radius 1 is 1.44 bits per heavy atom. The van der Waals surface area contributed by atoms with E-state index in [0.29, 0.717) is 0 Å². The maximum absolute atomic E-state index is 10.9. The normalized spacial score (nSPS) is 10.3. The van der Waals surface area contributed by atoms with Gasteiger partial charge in [-0.15, -0.1) is 0 Å². The molecule has 6 nitrogen and oxygen atoms in total. The Kier molecular flexibility index (Phi) is 3.57. The van der Waals surface area contributed by atoms with Crippen molar-refractivity contribution in [1.29, 1.82) is 0 Å². The molecular weight excluding hydrogens is 232 g/mol. The third-order valence-corrected chi connectivity index (χ3v) is 2.50. The lowest BCUT2D eigenvalue weighted by atomic mass is 10.2. The number of aromatic nitrogens is 2. The van der Waals surface area contributed by atoms with Crippen LogP contribution in [0.4, 0.5) is 11.4 Å². The van der Waals surface area contributed by atoms with Crippen LogP contribution in [0.5, 0.6) is 0 Å². The molecule has 0 aliphatic carbocycles. The lowest BCUT2D eigenvalue weighted by Gasteiger charge is -2.08. The van der Waals surface area contributed by atoms with E-state index in [-0.39, 0.29) is 5.69 Å². The highest BCUT2D eigenvalue weighted by atomic mass is 16.6. The second-order valence-electron chi connectivity index (χ2n) is 3.89. The maximum Gasteiger partial charge on any atom is 0.273 e. The molecule has 0 radical (unpaired) electrons. The van der Waals surface area contributed by atoms with Crippen LogP contribution in [0, 0.1) is 10.1 Å². The van der Waals surface area contributed by atoms with Crippen LogP contribution in [0.3, 0.4) is 0 Å². The maximum atomic E-state index is 10.9. The number of non-ortho nitro benzene ring substituents is 1. The number of nitro benzene ring substituents is 1. The minimum Gasteiger partial charge on any atom is -0.385 e. The van der Waals surface area contributed by atoms with Gasteiger partial charge >= 0.3 is 0 Å². The Bertz CT molecular complexity index is 537. The molecule has 1 aromatic carbocycles. The van der Waals surface area contributed by atoms with E-state index in [1.54, 1.807) is 23.3 Å². The van der Waals surface area contributed by atoms with E-state index in [1.807, 2.05) is 13.0 Å². The lowest BCUT2D eigenvalue weighted by Crippen LogP contribution is -2.02. The Hall–Kier alpha value is -2.37. The van der Waals surface area contributed by atoms with Crippen molar-refractivity contribution in [3.05, 3.63) is 47.0 Å². The third kappa shape index (κ3) is 2.65. The first-order chi connectivity index (χ1) is 8.70. The van der Waals surface area contributed by atoms with Crippen molar-refractivity contribution in [1.82, 2.24) is 9.55 Å². The number of hydrogen-bond acceptors (Lipinski definition) is 4. The fourth-order valence-electron chi connectivity index (χ4n) is 1.63. The predicted molar refractivity (Wildman–Crippen MR) is 69.0 cm³/mol. The van der Waals surface area contributed by atoms with Gasteiger partial charge in [-0.25, -0.2) is 4.98 Å². The molecule has 2 aromatic rings. The van der Waals surface area contributed by atoms with Gasteiger partial charge in [0.05, 0.1) is 16.9 Å². The summed E-state index contributed by atoms with van der Waals surface area (Å²) in [6, 6.07) is 4.93. The van der Waals surface area contributed by atoms with Gasteiger partial charge < -0.3 is 9.88 Å². The van der Waals surface area contributed by atoms with Crippen LogP contribution in [0.15, 0.2) is 36.9 Å². The molecule has 1 heterocycles. The van der Waals surface area contributed by atoms with Crippen molar-refractivity contribution in [2.24, 2.45) is 0 Å². The first kappa shape index (κ1) is 12.1. The van der Waals surface area contributed by atoms with Crippen LogP contribution < -0.4 is 5.32 Å². The molecule has 1 N–H and O–H groups in total. The zero-order chi connectivity index (χ0) is 13.0. The van der Waals surface area contributed by atoms with Gasteiger partial charge in [-0.2, -0.15) is 0 Å². The molecule has 0 aliphatic rings. The van der Waals surface area contributed by atoms with E-state index >= 15 is 0 Å². The van der Waals surface area contributed by atoms with Gasteiger partial charge in [0, 0.05) is 36.8 Å². The van der Waals surface area contributed by atoms with Crippen molar-refractivity contribution in [3.63, 3.8) is 0 Å². The van der Waals surface area contributed by atoms with Crippen molar-refractivity contribution in [2.45, 2.75) is 13.3 Å². The van der Waals surface area contributed by atoms with Crippen molar-refractivity contribution < 1.29 is 4.92 Å². The first-order valence-corrected chi connectivity index (χ1v) is 5.72. The predicted octanol–water partition coefficient (Wildman–Crippen LogP) is 2.60. The summed E-state index contributed by atoms with van der Waals surface area (Å²) in [5.74, 6) is 0. The zero-order valence-corrected chi connectivity index (χ0v) is 10.0. The van der Waals surface area contributed by atoms with Crippen LogP contribution >= 0.6 is 0 Å². The third-order valence-electron chi connectivity index (χ3n) is 2.50. The van der Waals surface area contributed by atoms with Crippen molar-refractivity contribution >= 4 is 11.4 Å². The highest BCUT2D eigenvalue weighted by molar-refractivity contribution is 5.58. The minimum absolute atomic E-state index is 0.0693. The van der Waals surface area contributed by atoms with Crippen LogP contribution in [-0.4, -0.2) is 21.0 Å². The lowest BCUT2D eigenvalue weighted by molar-refractivity contribution is -0.384. The summed E-state index contributed by atoms with van der Waals surface area (Å²) in [6.45, 7) is 2.83. The number of imidazole rings is 1. The summed E-state index contributed by atoms with van der Waals surface area (Å²) in [4.78, 5) is 14.4. The van der Waals surface area contributed by atoms with E-state index in [9.17, 15) is 10.1 Å². The fraction of sp³-hybridized carbons (Fsp3) is 0.250. The number of benzene rings is 1. The number of nitrogens with one attached hydrogen (secondary N) is 1. The van der Waals surface area contributed by atoms with Crippen LogP contribution in [-0.2, 0) is 0 Å². The van der Waals surface area contributed by atoms with Crippen LogP contribution in [0.25, 0.3) is 5.69 Å².